The summed E-state index contributed by atoms with van der Waals surface area (Å²) in [6.45, 7) is 9.51. The lowest BCUT2D eigenvalue weighted by molar-refractivity contribution is -0.121. The van der Waals surface area contributed by atoms with E-state index in [1.165, 1.54) is 0 Å². The molecule has 0 fully saturated rings. The molecule has 0 spiro atoms. The molecule has 0 aliphatic carbocycles. The van der Waals surface area contributed by atoms with Crippen LogP contribution in [0.25, 0.3) is 0 Å². The average molecular weight is 380 g/mol. The van der Waals surface area contributed by atoms with Crippen molar-refractivity contribution in [3.8, 4) is 0 Å². The Labute approximate surface area is 166 Å². The number of carbonyl (C=O) groups is 2. The number of rotatable bonds is 16. The highest BCUT2D eigenvalue weighted by Gasteiger charge is 2.10. The second kappa shape index (κ2) is 17.8. The Morgan fingerprint density at radius 2 is 1.15 bits per heavy atom. The maximum absolute atomic E-state index is 11.8. The molecule has 0 aromatic rings. The van der Waals surface area contributed by atoms with Crippen LogP contribution < -0.4 is 16.0 Å². The number of hydrogen-bond donors (Lipinski definition) is 3. The van der Waals surface area contributed by atoms with Gasteiger partial charge < -0.3 is 16.0 Å². The summed E-state index contributed by atoms with van der Waals surface area (Å²) in [5, 5.41) is 9.34. The van der Waals surface area contributed by atoms with Gasteiger partial charge in [-0.15, -0.1) is 0 Å². The first-order valence-electron chi connectivity index (χ1n) is 10.6. The van der Waals surface area contributed by atoms with Gasteiger partial charge in [0.1, 0.15) is 0 Å². The van der Waals surface area contributed by atoms with Gasteiger partial charge in [-0.3, -0.25) is 9.59 Å². The van der Waals surface area contributed by atoms with Crippen molar-refractivity contribution in [2.45, 2.75) is 91.1 Å². The van der Waals surface area contributed by atoms with Crippen molar-refractivity contribution < 1.29 is 9.59 Å². The molecule has 0 saturated heterocycles. The van der Waals surface area contributed by atoms with Crippen molar-refractivity contribution in [3.05, 3.63) is 24.3 Å². The lowest BCUT2D eigenvalue weighted by Gasteiger charge is -2.21. The van der Waals surface area contributed by atoms with E-state index >= 15 is 0 Å². The Morgan fingerprint density at radius 1 is 0.741 bits per heavy atom. The van der Waals surface area contributed by atoms with E-state index in [0.717, 1.165) is 38.5 Å². The number of hydrogen-bond acceptors (Lipinski definition) is 3. The predicted octanol–water partition coefficient (Wildman–Crippen LogP) is 3.86. The number of carbonyl (C=O) groups excluding carboxylic acids is 2. The first-order chi connectivity index (χ1) is 13.0. The van der Waals surface area contributed by atoms with Crippen LogP contribution in [-0.4, -0.2) is 37.0 Å². The van der Waals surface area contributed by atoms with Gasteiger partial charge in [0, 0.05) is 38.0 Å². The van der Waals surface area contributed by atoms with Crippen LogP contribution in [0.4, 0.5) is 0 Å². The van der Waals surface area contributed by atoms with E-state index in [4.69, 9.17) is 0 Å². The van der Waals surface area contributed by atoms with Gasteiger partial charge in [0.25, 0.3) is 0 Å². The van der Waals surface area contributed by atoms with Crippen molar-refractivity contribution in [1.29, 1.82) is 0 Å². The van der Waals surface area contributed by atoms with Gasteiger partial charge in [-0.2, -0.15) is 0 Å². The topological polar surface area (TPSA) is 70.2 Å². The summed E-state index contributed by atoms with van der Waals surface area (Å²) >= 11 is 0. The van der Waals surface area contributed by atoms with Crippen LogP contribution in [0.15, 0.2) is 24.3 Å². The van der Waals surface area contributed by atoms with Crippen molar-refractivity contribution in [2.75, 3.05) is 13.1 Å². The standard InChI is InChI=1S/C22H41N3O2/c1-5-7-9-11-13-15-21(26)23-17-19(3)25-20(4)18-24-22(27)16-14-12-10-8-6-2/h7-10,19-20,25H,5-6,11-18H2,1-4H3,(H,23,26)(H,24,27)/b9-7+,10-8+. The Morgan fingerprint density at radius 3 is 1.52 bits per heavy atom. The summed E-state index contributed by atoms with van der Waals surface area (Å²) in [7, 11) is 0. The number of unbranched alkanes of at least 4 members (excludes halogenated alkanes) is 2. The van der Waals surface area contributed by atoms with Crippen LogP contribution in [0.2, 0.25) is 0 Å². The van der Waals surface area contributed by atoms with E-state index in [1.54, 1.807) is 0 Å². The molecule has 0 aromatic carbocycles. The molecule has 0 heterocycles. The van der Waals surface area contributed by atoms with Crippen molar-refractivity contribution >= 4 is 11.8 Å². The van der Waals surface area contributed by atoms with Crippen LogP contribution in [0.3, 0.4) is 0 Å². The minimum absolute atomic E-state index is 0.103. The highest BCUT2D eigenvalue weighted by Crippen LogP contribution is 1.99. The molecule has 3 N–H and O–H groups in total. The van der Waals surface area contributed by atoms with E-state index in [1.807, 2.05) is 13.8 Å². The van der Waals surface area contributed by atoms with E-state index in [-0.39, 0.29) is 23.9 Å². The lowest BCUT2D eigenvalue weighted by Crippen LogP contribution is -2.47. The minimum atomic E-state index is 0.103. The first-order valence-corrected chi connectivity index (χ1v) is 10.6. The summed E-state index contributed by atoms with van der Waals surface area (Å²) in [6, 6.07) is 0.333. The Hall–Kier alpha value is -1.62. The zero-order valence-electron chi connectivity index (χ0n) is 17.9. The molecule has 27 heavy (non-hydrogen) atoms. The number of allylic oxidation sites excluding steroid dienone is 4. The van der Waals surface area contributed by atoms with Gasteiger partial charge in [-0.05, 0) is 52.4 Å². The third kappa shape index (κ3) is 17.5. The van der Waals surface area contributed by atoms with Gasteiger partial charge in [0.2, 0.25) is 11.8 Å². The second-order valence-corrected chi connectivity index (χ2v) is 7.12. The molecule has 0 rings (SSSR count). The summed E-state index contributed by atoms with van der Waals surface area (Å²) in [5.41, 5.74) is 0. The molecule has 5 heteroatoms. The van der Waals surface area contributed by atoms with Crippen molar-refractivity contribution in [2.24, 2.45) is 0 Å². The highest BCUT2D eigenvalue weighted by molar-refractivity contribution is 5.76. The van der Waals surface area contributed by atoms with Crippen molar-refractivity contribution in [3.63, 3.8) is 0 Å². The number of amides is 2. The lowest BCUT2D eigenvalue weighted by atomic mass is 10.2. The molecule has 0 radical (unpaired) electrons. The monoisotopic (exact) mass is 379 g/mol. The number of nitrogens with one attached hydrogen (secondary N) is 3. The van der Waals surface area contributed by atoms with E-state index < -0.39 is 0 Å². The van der Waals surface area contributed by atoms with E-state index in [9.17, 15) is 9.59 Å². The van der Waals surface area contributed by atoms with Gasteiger partial charge in [-0.25, -0.2) is 0 Å². The molecule has 2 atom stereocenters. The van der Waals surface area contributed by atoms with Crippen LogP contribution in [0.5, 0.6) is 0 Å². The van der Waals surface area contributed by atoms with Crippen LogP contribution in [0, 0.1) is 0 Å². The fraction of sp³-hybridized carbons (Fsp3) is 0.727. The SMILES string of the molecule is CC/C=C/CCCC(=O)NCC(C)NC(C)CNC(=O)CCC/C=C/CC. The fourth-order valence-corrected chi connectivity index (χ4v) is 2.64. The van der Waals surface area contributed by atoms with Crippen molar-refractivity contribution in [1.82, 2.24) is 16.0 Å². The summed E-state index contributed by atoms with van der Waals surface area (Å²) in [5.74, 6) is 0.207. The van der Waals surface area contributed by atoms with Crippen LogP contribution >= 0.6 is 0 Å². The summed E-state index contributed by atoms with van der Waals surface area (Å²) in [6.07, 6.45) is 15.5. The smallest absolute Gasteiger partial charge is 0.220 e. The molecule has 2 unspecified atom stereocenters. The third-order valence-corrected chi connectivity index (χ3v) is 4.13. The van der Waals surface area contributed by atoms with Crippen LogP contribution in [0.1, 0.15) is 79.1 Å². The molecule has 0 aromatic heterocycles. The van der Waals surface area contributed by atoms with E-state index in [2.05, 4.69) is 54.1 Å². The normalized spacial score (nSPS) is 13.8. The molecule has 0 bridgehead atoms. The molecule has 0 aliphatic heterocycles. The van der Waals surface area contributed by atoms with Gasteiger partial charge in [0.15, 0.2) is 0 Å². The largest absolute Gasteiger partial charge is 0.355 e. The average Bonchev–Trinajstić information content (AvgIpc) is 2.64. The highest BCUT2D eigenvalue weighted by atomic mass is 16.2. The van der Waals surface area contributed by atoms with Gasteiger partial charge in [-0.1, -0.05) is 38.2 Å². The predicted molar refractivity (Wildman–Crippen MR) is 115 cm³/mol. The zero-order valence-corrected chi connectivity index (χ0v) is 17.9. The molecular weight excluding hydrogens is 338 g/mol. The van der Waals surface area contributed by atoms with Gasteiger partial charge >= 0.3 is 0 Å². The fourth-order valence-electron chi connectivity index (χ4n) is 2.64. The molecule has 0 saturated carbocycles. The minimum Gasteiger partial charge on any atom is -0.355 e. The summed E-state index contributed by atoms with van der Waals surface area (Å²) in [4.78, 5) is 23.6. The second-order valence-electron chi connectivity index (χ2n) is 7.12. The van der Waals surface area contributed by atoms with Crippen LogP contribution in [-0.2, 0) is 9.59 Å². The maximum atomic E-state index is 11.8. The quantitative estimate of drug-likeness (QED) is 0.282. The molecule has 2 amide bonds. The Kier molecular flexibility index (Phi) is 16.7. The third-order valence-electron chi connectivity index (χ3n) is 4.13. The maximum Gasteiger partial charge on any atom is 0.220 e. The molecular formula is C22H41N3O2. The Balaban J connectivity index is 3.74. The first kappa shape index (κ1) is 25.4. The molecule has 0 aliphatic rings. The zero-order chi connectivity index (χ0) is 20.3. The van der Waals surface area contributed by atoms with Gasteiger partial charge in [0.05, 0.1) is 0 Å². The molecule has 5 nitrogen and oxygen atoms in total. The Bertz CT molecular complexity index is 407. The molecule has 156 valence electrons. The summed E-state index contributed by atoms with van der Waals surface area (Å²) < 4.78 is 0. The van der Waals surface area contributed by atoms with E-state index in [0.29, 0.717) is 25.9 Å².